The van der Waals surface area contributed by atoms with E-state index in [4.69, 9.17) is 0 Å². The van der Waals surface area contributed by atoms with Crippen LogP contribution >= 0.6 is 0 Å². The summed E-state index contributed by atoms with van der Waals surface area (Å²) in [4.78, 5) is 27.8. The molecule has 0 spiro atoms. The third-order valence-electron chi connectivity index (χ3n) is 4.63. The Morgan fingerprint density at radius 2 is 1.79 bits per heavy atom. The molecular weight excluding hydrogens is 381 g/mol. The number of dihydropyridines is 1. The van der Waals surface area contributed by atoms with Crippen LogP contribution in [0.5, 0.6) is 0 Å². The molecule has 2 aromatic carbocycles. The van der Waals surface area contributed by atoms with E-state index in [0.717, 1.165) is 29.2 Å². The number of amides is 2. The lowest BCUT2D eigenvalue weighted by Gasteiger charge is -2.23. The molecule has 2 unspecified atom stereocenters. The number of aryl methyl sites for hydroxylation is 1. The van der Waals surface area contributed by atoms with Gasteiger partial charge in [0.2, 0.25) is 5.91 Å². The number of rotatable bonds is 5. The average molecular weight is 400 g/mol. The Labute approximate surface area is 166 Å². The van der Waals surface area contributed by atoms with Crippen LogP contribution < -0.4 is 5.32 Å². The van der Waals surface area contributed by atoms with E-state index in [1.165, 1.54) is 0 Å². The summed E-state index contributed by atoms with van der Waals surface area (Å²) in [5.74, 6) is -3.24. The summed E-state index contributed by atoms with van der Waals surface area (Å²) in [6.07, 6.45) is -2.32. The molecule has 1 aliphatic rings. The summed E-state index contributed by atoms with van der Waals surface area (Å²) in [6, 6.07) is 16.3. The molecule has 0 radical (unpaired) electrons. The maximum Gasteiger partial charge on any atom is 0.433 e. The van der Waals surface area contributed by atoms with Gasteiger partial charge in [-0.1, -0.05) is 67.6 Å². The second-order valence-corrected chi connectivity index (χ2v) is 6.62. The van der Waals surface area contributed by atoms with Gasteiger partial charge < -0.3 is 5.32 Å². The molecule has 0 saturated heterocycles. The number of alkyl halides is 3. The maximum atomic E-state index is 12.7. The van der Waals surface area contributed by atoms with Gasteiger partial charge in [0.05, 0.1) is 6.04 Å². The van der Waals surface area contributed by atoms with Crippen molar-refractivity contribution in [2.24, 2.45) is 10.9 Å². The van der Waals surface area contributed by atoms with Crippen molar-refractivity contribution in [1.29, 1.82) is 0 Å². The highest BCUT2D eigenvalue weighted by Gasteiger charge is 2.39. The van der Waals surface area contributed by atoms with E-state index in [2.05, 4.69) is 10.3 Å². The van der Waals surface area contributed by atoms with Crippen LogP contribution in [0.15, 0.2) is 71.7 Å². The lowest BCUT2D eigenvalue weighted by molar-refractivity contribution is -0.132. The third-order valence-corrected chi connectivity index (χ3v) is 4.63. The molecule has 3 rings (SSSR count). The third kappa shape index (κ3) is 4.80. The lowest BCUT2D eigenvalue weighted by atomic mass is 9.95. The number of nitrogens with zero attached hydrogens (tertiary/aromatic N) is 1. The second kappa shape index (κ2) is 8.43. The van der Waals surface area contributed by atoms with Crippen molar-refractivity contribution in [1.82, 2.24) is 5.32 Å². The standard InChI is InChI=1S/C22H19F3N2O2/c1-2-14-7-6-10-16(13-14)19(15-8-4-3-5-9-15)27-21(29)17-11-12-18(22(23,24)25)26-20(17)28/h3-13,17,19H,2H2,1H3,(H,27,29). The molecule has 4 nitrogen and oxygen atoms in total. The number of allylic oxidation sites excluding steroid dienone is 1. The zero-order valence-corrected chi connectivity index (χ0v) is 15.6. The van der Waals surface area contributed by atoms with Gasteiger partial charge in [-0.25, -0.2) is 4.99 Å². The van der Waals surface area contributed by atoms with E-state index in [1.54, 1.807) is 0 Å². The molecule has 0 aliphatic carbocycles. The SMILES string of the molecule is CCc1cccc(C(NC(=O)C2C=CC(C(F)(F)F)=NC2=O)c2ccccc2)c1. The molecule has 29 heavy (non-hydrogen) atoms. The highest BCUT2D eigenvalue weighted by Crippen LogP contribution is 2.26. The van der Waals surface area contributed by atoms with Gasteiger partial charge in [-0.05, 0) is 29.2 Å². The van der Waals surface area contributed by atoms with Gasteiger partial charge in [-0.3, -0.25) is 9.59 Å². The van der Waals surface area contributed by atoms with Crippen LogP contribution in [-0.2, 0) is 16.0 Å². The first kappa shape index (κ1) is 20.5. The smallest absolute Gasteiger partial charge is 0.344 e. The normalized spacial score (nSPS) is 17.6. The molecule has 2 atom stereocenters. The molecule has 0 saturated carbocycles. The molecule has 150 valence electrons. The molecular formula is C22H19F3N2O2. The van der Waals surface area contributed by atoms with Gasteiger partial charge in [-0.2, -0.15) is 13.2 Å². The van der Waals surface area contributed by atoms with Crippen LogP contribution in [0, 0.1) is 5.92 Å². The largest absolute Gasteiger partial charge is 0.433 e. The fourth-order valence-electron chi connectivity index (χ4n) is 3.08. The molecule has 1 aliphatic heterocycles. The minimum absolute atomic E-state index is 0.551. The highest BCUT2D eigenvalue weighted by molar-refractivity contribution is 6.14. The zero-order valence-electron chi connectivity index (χ0n) is 15.6. The van der Waals surface area contributed by atoms with E-state index >= 15 is 0 Å². The van der Waals surface area contributed by atoms with Crippen LogP contribution in [0.4, 0.5) is 13.2 Å². The van der Waals surface area contributed by atoms with Crippen LogP contribution in [0.3, 0.4) is 0 Å². The number of carbonyl (C=O) groups is 2. The van der Waals surface area contributed by atoms with Gasteiger partial charge in [0, 0.05) is 0 Å². The van der Waals surface area contributed by atoms with Crippen molar-refractivity contribution < 1.29 is 22.8 Å². The Balaban J connectivity index is 1.87. The van der Waals surface area contributed by atoms with E-state index in [1.807, 2.05) is 61.5 Å². The predicted octanol–water partition coefficient (Wildman–Crippen LogP) is 4.17. The Hall–Kier alpha value is -3.22. The summed E-state index contributed by atoms with van der Waals surface area (Å²) >= 11 is 0. The molecule has 0 aromatic heterocycles. The van der Waals surface area contributed by atoms with Gasteiger partial charge in [0.1, 0.15) is 11.6 Å². The monoisotopic (exact) mass is 400 g/mol. The summed E-state index contributed by atoms with van der Waals surface area (Å²) in [5, 5.41) is 2.79. The van der Waals surface area contributed by atoms with Crippen molar-refractivity contribution >= 4 is 17.5 Å². The van der Waals surface area contributed by atoms with Crippen LogP contribution in [0.2, 0.25) is 0 Å². The molecule has 0 fully saturated rings. The van der Waals surface area contributed by atoms with Crippen molar-refractivity contribution in [2.45, 2.75) is 25.6 Å². The molecule has 0 bridgehead atoms. The number of carbonyl (C=O) groups excluding carboxylic acids is 2. The van der Waals surface area contributed by atoms with Crippen LogP contribution in [0.25, 0.3) is 0 Å². The van der Waals surface area contributed by atoms with Gasteiger partial charge >= 0.3 is 6.18 Å². The molecule has 1 heterocycles. The van der Waals surface area contributed by atoms with Crippen LogP contribution in [0.1, 0.15) is 29.7 Å². The average Bonchev–Trinajstić information content (AvgIpc) is 2.71. The van der Waals surface area contributed by atoms with E-state index in [-0.39, 0.29) is 0 Å². The minimum Gasteiger partial charge on any atom is -0.344 e. The molecule has 7 heteroatoms. The van der Waals surface area contributed by atoms with Gasteiger partial charge in [0.25, 0.3) is 5.91 Å². The number of hydrogen-bond acceptors (Lipinski definition) is 2. The van der Waals surface area contributed by atoms with Crippen molar-refractivity contribution in [2.75, 3.05) is 0 Å². The summed E-state index contributed by atoms with van der Waals surface area (Å²) in [5.41, 5.74) is 1.38. The topological polar surface area (TPSA) is 58.5 Å². The predicted molar refractivity (Wildman–Crippen MR) is 103 cm³/mol. The minimum atomic E-state index is -4.74. The zero-order chi connectivity index (χ0) is 21.0. The first-order chi connectivity index (χ1) is 13.8. The second-order valence-electron chi connectivity index (χ2n) is 6.62. The molecule has 2 amide bonds. The number of hydrogen-bond donors (Lipinski definition) is 1. The highest BCUT2D eigenvalue weighted by atomic mass is 19.4. The Bertz CT molecular complexity index is 966. The van der Waals surface area contributed by atoms with Gasteiger partial charge in [-0.15, -0.1) is 0 Å². The van der Waals surface area contributed by atoms with Gasteiger partial charge in [0.15, 0.2) is 0 Å². The first-order valence-corrected chi connectivity index (χ1v) is 9.11. The lowest BCUT2D eigenvalue weighted by Crippen LogP contribution is -2.39. The van der Waals surface area contributed by atoms with Crippen molar-refractivity contribution in [3.63, 3.8) is 0 Å². The number of benzene rings is 2. The van der Waals surface area contributed by atoms with Crippen LogP contribution in [-0.4, -0.2) is 23.7 Å². The Morgan fingerprint density at radius 3 is 2.41 bits per heavy atom. The number of halogens is 3. The maximum absolute atomic E-state index is 12.7. The first-order valence-electron chi connectivity index (χ1n) is 9.11. The van der Waals surface area contributed by atoms with Crippen molar-refractivity contribution in [3.05, 3.63) is 83.4 Å². The fourth-order valence-corrected chi connectivity index (χ4v) is 3.08. The molecule has 2 aromatic rings. The fraction of sp³-hybridized carbons (Fsp3) is 0.227. The van der Waals surface area contributed by atoms with E-state index in [9.17, 15) is 22.8 Å². The van der Waals surface area contributed by atoms with E-state index < -0.39 is 35.7 Å². The summed E-state index contributed by atoms with van der Waals surface area (Å²) < 4.78 is 38.2. The number of aliphatic imine (C=N–C) groups is 1. The quantitative estimate of drug-likeness (QED) is 0.766. The summed E-state index contributed by atoms with van der Waals surface area (Å²) in [6.45, 7) is 2.01. The van der Waals surface area contributed by atoms with Crippen molar-refractivity contribution in [3.8, 4) is 0 Å². The van der Waals surface area contributed by atoms with E-state index in [0.29, 0.717) is 6.08 Å². The Kier molecular flexibility index (Phi) is 5.96. The Morgan fingerprint density at radius 1 is 1.10 bits per heavy atom. The molecule has 1 N–H and O–H groups in total. The number of nitrogens with one attached hydrogen (secondary N) is 1. The summed E-state index contributed by atoms with van der Waals surface area (Å²) in [7, 11) is 0.